The van der Waals surface area contributed by atoms with Crippen LogP contribution in [0.5, 0.6) is 5.75 Å². The molecular weight excluding hydrogens is 411 g/mol. The molecule has 0 bridgehead atoms. The van der Waals surface area contributed by atoms with E-state index in [9.17, 15) is 18.0 Å². The largest absolute Gasteiger partial charge is 0.495 e. The van der Waals surface area contributed by atoms with Gasteiger partial charge in [0.25, 0.3) is 0 Å². The number of benzene rings is 1. The fraction of sp³-hybridized carbons (Fsp3) is 0.143. The summed E-state index contributed by atoms with van der Waals surface area (Å²) in [6.07, 6.45) is -1.91. The zero-order valence-electron chi connectivity index (χ0n) is 13.3. The summed E-state index contributed by atoms with van der Waals surface area (Å²) < 4.78 is 48.0. The molecule has 2 amide bonds. The van der Waals surface area contributed by atoms with Crippen molar-refractivity contribution in [1.29, 1.82) is 0 Å². The molecule has 3 rings (SSSR count). The number of urea groups is 1. The van der Waals surface area contributed by atoms with Crippen LogP contribution in [0.2, 0.25) is 5.02 Å². The highest BCUT2D eigenvalue weighted by Gasteiger charge is 2.35. The summed E-state index contributed by atoms with van der Waals surface area (Å²) in [6, 6.07) is 2.03. The Morgan fingerprint density at radius 2 is 2.07 bits per heavy atom. The van der Waals surface area contributed by atoms with Crippen LogP contribution in [0.25, 0.3) is 11.5 Å². The molecule has 3 aromatic rings. The number of amides is 2. The molecule has 0 saturated carbocycles. The highest BCUT2D eigenvalue weighted by molar-refractivity contribution is 7.15. The standard InChI is InChI=1S/C14H9ClF3N5O3S/c1-25-9-4-6(10-19-2-3-26-10)8(5-7(9)15)20-12(24)21-13-23-22-11(27-13)14(16,17)18/h2-5H,1H3,(H2,20,21,23,24). The molecule has 0 unspecified atom stereocenters. The van der Waals surface area contributed by atoms with Gasteiger partial charge in [-0.25, -0.2) is 9.78 Å². The summed E-state index contributed by atoms with van der Waals surface area (Å²) in [5.41, 5.74) is 0.547. The van der Waals surface area contributed by atoms with Gasteiger partial charge in [-0.2, -0.15) is 13.2 Å². The molecule has 0 atom stereocenters. The smallest absolute Gasteiger partial charge is 0.445 e. The van der Waals surface area contributed by atoms with E-state index in [0.717, 1.165) is 0 Å². The van der Waals surface area contributed by atoms with Gasteiger partial charge >= 0.3 is 12.2 Å². The van der Waals surface area contributed by atoms with Crippen molar-refractivity contribution in [3.8, 4) is 17.2 Å². The minimum atomic E-state index is -4.64. The van der Waals surface area contributed by atoms with Crippen LogP contribution in [-0.2, 0) is 6.18 Å². The fourth-order valence-electron chi connectivity index (χ4n) is 1.99. The van der Waals surface area contributed by atoms with Crippen LogP contribution in [0.15, 0.2) is 29.0 Å². The molecule has 0 fully saturated rings. The molecule has 13 heteroatoms. The number of rotatable bonds is 4. The minimum Gasteiger partial charge on any atom is -0.495 e. The molecule has 0 spiro atoms. The van der Waals surface area contributed by atoms with Gasteiger partial charge in [0.1, 0.15) is 12.0 Å². The van der Waals surface area contributed by atoms with Gasteiger partial charge in [0.05, 0.1) is 29.6 Å². The summed E-state index contributed by atoms with van der Waals surface area (Å²) in [4.78, 5) is 16.1. The second-order valence-corrected chi connectivity index (χ2v) is 6.24. The lowest BCUT2D eigenvalue weighted by atomic mass is 10.1. The van der Waals surface area contributed by atoms with E-state index in [2.05, 4.69) is 25.8 Å². The molecule has 0 aliphatic carbocycles. The van der Waals surface area contributed by atoms with Crippen LogP contribution >= 0.6 is 22.9 Å². The molecule has 0 saturated heterocycles. The predicted octanol–water partition coefficient (Wildman–Crippen LogP) is 4.52. The van der Waals surface area contributed by atoms with Crippen LogP contribution in [-0.4, -0.2) is 28.3 Å². The van der Waals surface area contributed by atoms with Crippen LogP contribution in [0.3, 0.4) is 0 Å². The Labute approximate surface area is 158 Å². The van der Waals surface area contributed by atoms with Crippen molar-refractivity contribution < 1.29 is 27.1 Å². The lowest BCUT2D eigenvalue weighted by molar-refractivity contribution is -0.138. The van der Waals surface area contributed by atoms with Gasteiger partial charge in [0.15, 0.2) is 0 Å². The summed E-state index contributed by atoms with van der Waals surface area (Å²) >= 11 is 6.26. The van der Waals surface area contributed by atoms with Crippen molar-refractivity contribution in [2.24, 2.45) is 0 Å². The summed E-state index contributed by atoms with van der Waals surface area (Å²) in [6.45, 7) is 0. The maximum atomic E-state index is 12.5. The number of carbonyl (C=O) groups is 1. The number of carbonyl (C=O) groups excluding carboxylic acids is 1. The molecule has 2 heterocycles. The third-order valence-electron chi connectivity index (χ3n) is 3.09. The average molecular weight is 420 g/mol. The van der Waals surface area contributed by atoms with E-state index in [0.29, 0.717) is 11.3 Å². The van der Waals surface area contributed by atoms with Gasteiger partial charge in [-0.05, 0) is 12.1 Å². The van der Waals surface area contributed by atoms with Crippen LogP contribution in [0.1, 0.15) is 5.01 Å². The second kappa shape index (κ2) is 7.40. The lowest BCUT2D eigenvalue weighted by Crippen LogP contribution is -2.19. The number of nitrogens with zero attached hydrogens (tertiary/aromatic N) is 3. The van der Waals surface area contributed by atoms with Crippen molar-refractivity contribution in [3.63, 3.8) is 0 Å². The zero-order valence-corrected chi connectivity index (χ0v) is 14.9. The maximum absolute atomic E-state index is 12.5. The average Bonchev–Trinajstić information content (AvgIpc) is 3.26. The van der Waals surface area contributed by atoms with E-state index >= 15 is 0 Å². The first-order valence-corrected chi connectivity index (χ1v) is 8.23. The third-order valence-corrected chi connectivity index (χ3v) is 4.27. The highest BCUT2D eigenvalue weighted by Crippen LogP contribution is 2.37. The minimum absolute atomic E-state index is 0.176. The SMILES string of the molecule is COc1cc(-c2ncco2)c(NC(=O)Nc2nnc(C(F)(F)F)s2)cc1Cl. The number of aromatic nitrogens is 3. The van der Waals surface area contributed by atoms with Crippen molar-refractivity contribution in [1.82, 2.24) is 15.2 Å². The number of anilines is 2. The van der Waals surface area contributed by atoms with E-state index in [-0.39, 0.29) is 33.1 Å². The number of ether oxygens (including phenoxy) is 1. The number of methoxy groups -OCH3 is 1. The molecule has 0 radical (unpaired) electrons. The number of halogens is 4. The molecule has 8 nitrogen and oxygen atoms in total. The quantitative estimate of drug-likeness (QED) is 0.644. The van der Waals surface area contributed by atoms with E-state index in [1.54, 1.807) is 0 Å². The fourth-order valence-corrected chi connectivity index (χ4v) is 2.83. The Bertz CT molecular complexity index is 962. The van der Waals surface area contributed by atoms with Crippen molar-refractivity contribution >= 4 is 39.8 Å². The van der Waals surface area contributed by atoms with E-state index < -0.39 is 17.2 Å². The lowest BCUT2D eigenvalue weighted by Gasteiger charge is -2.12. The van der Waals surface area contributed by atoms with Gasteiger partial charge in [-0.1, -0.05) is 22.9 Å². The molecule has 2 N–H and O–H groups in total. The van der Waals surface area contributed by atoms with Crippen molar-refractivity contribution in [2.45, 2.75) is 6.18 Å². The Morgan fingerprint density at radius 1 is 1.30 bits per heavy atom. The highest BCUT2D eigenvalue weighted by atomic mass is 35.5. The number of alkyl halides is 3. The molecular formula is C14H9ClF3N5O3S. The molecule has 0 aliphatic heterocycles. The Balaban J connectivity index is 1.83. The maximum Gasteiger partial charge on any atom is 0.445 e. The number of nitrogens with one attached hydrogen (secondary N) is 2. The second-order valence-electron chi connectivity index (χ2n) is 4.86. The van der Waals surface area contributed by atoms with Crippen LogP contribution in [0, 0.1) is 0 Å². The predicted molar refractivity (Wildman–Crippen MR) is 91.1 cm³/mol. The van der Waals surface area contributed by atoms with Crippen LogP contribution in [0.4, 0.5) is 28.8 Å². The zero-order chi connectivity index (χ0) is 19.6. The molecule has 1 aromatic carbocycles. The van der Waals surface area contributed by atoms with Gasteiger partial charge in [0.2, 0.25) is 16.0 Å². The number of hydrogen-bond acceptors (Lipinski definition) is 7. The van der Waals surface area contributed by atoms with Gasteiger partial charge in [-0.3, -0.25) is 5.32 Å². The van der Waals surface area contributed by atoms with Gasteiger partial charge in [-0.15, -0.1) is 10.2 Å². The first kappa shape index (κ1) is 18.9. The Hall–Kier alpha value is -2.86. The Kier molecular flexibility index (Phi) is 5.19. The first-order chi connectivity index (χ1) is 12.8. The van der Waals surface area contributed by atoms with Crippen molar-refractivity contribution in [3.05, 3.63) is 34.6 Å². The van der Waals surface area contributed by atoms with E-state index in [1.807, 2.05) is 0 Å². The van der Waals surface area contributed by atoms with Crippen LogP contribution < -0.4 is 15.4 Å². The Morgan fingerprint density at radius 3 is 2.67 bits per heavy atom. The molecule has 2 aromatic heterocycles. The topological polar surface area (TPSA) is 102 Å². The molecule has 142 valence electrons. The van der Waals surface area contributed by atoms with Gasteiger partial charge in [0, 0.05) is 0 Å². The number of oxazole rings is 1. The summed E-state index contributed by atoms with van der Waals surface area (Å²) in [5.74, 6) is 0.491. The monoisotopic (exact) mass is 419 g/mol. The summed E-state index contributed by atoms with van der Waals surface area (Å²) in [5, 5.41) is 9.59. The van der Waals surface area contributed by atoms with E-state index in [4.69, 9.17) is 20.8 Å². The normalized spacial score (nSPS) is 11.3. The number of hydrogen-bond donors (Lipinski definition) is 2. The third kappa shape index (κ3) is 4.28. The molecule has 27 heavy (non-hydrogen) atoms. The molecule has 0 aliphatic rings. The van der Waals surface area contributed by atoms with Gasteiger partial charge < -0.3 is 14.5 Å². The van der Waals surface area contributed by atoms with Crippen molar-refractivity contribution in [2.75, 3.05) is 17.7 Å². The summed E-state index contributed by atoms with van der Waals surface area (Å²) in [7, 11) is 1.41. The first-order valence-electron chi connectivity index (χ1n) is 7.04. The van der Waals surface area contributed by atoms with E-state index in [1.165, 1.54) is 31.7 Å².